The molecule has 26 heavy (non-hydrogen) atoms. The maximum atomic E-state index is 12.5. The van der Waals surface area contributed by atoms with Crippen molar-refractivity contribution >= 4 is 5.97 Å². The van der Waals surface area contributed by atoms with Crippen LogP contribution in [0.15, 0.2) is 57.9 Å². The molecular weight excluding hydrogens is 328 g/mol. The molecule has 0 spiro atoms. The van der Waals surface area contributed by atoms with Gasteiger partial charge in [0.2, 0.25) is 0 Å². The number of hydrogen-bond acceptors (Lipinski definition) is 5. The lowest BCUT2D eigenvalue weighted by Gasteiger charge is -2.40. The number of aliphatic hydroxyl groups is 1. The first-order valence-corrected chi connectivity index (χ1v) is 9.45. The molecule has 3 aliphatic carbocycles. The topological polar surface area (TPSA) is 70.6 Å². The van der Waals surface area contributed by atoms with Crippen molar-refractivity contribution < 1.29 is 14.6 Å². The molecule has 136 valence electrons. The van der Waals surface area contributed by atoms with E-state index < -0.39 is 12.0 Å². The Bertz CT molecular complexity index is 830. The fourth-order valence-electron chi connectivity index (χ4n) is 5.44. The van der Waals surface area contributed by atoms with Gasteiger partial charge in [0.25, 0.3) is 0 Å². The number of rotatable bonds is 1. The second-order valence-corrected chi connectivity index (χ2v) is 7.72. The molecular formula is C21H24N2O3. The summed E-state index contributed by atoms with van der Waals surface area (Å²) < 4.78 is 5.06. The summed E-state index contributed by atoms with van der Waals surface area (Å²) in [4.78, 5) is 12.5. The number of nitrogens with one attached hydrogen (secondary N) is 2. The third-order valence-electron chi connectivity index (χ3n) is 6.57. The minimum Gasteiger partial charge on any atom is -0.468 e. The zero-order valence-electron chi connectivity index (χ0n) is 14.9. The quantitative estimate of drug-likeness (QED) is 0.622. The fraction of sp³-hybridized carbons (Fsp3) is 0.476. The molecule has 0 bridgehead atoms. The van der Waals surface area contributed by atoms with Crippen molar-refractivity contribution in [2.24, 2.45) is 17.8 Å². The average molecular weight is 352 g/mol. The van der Waals surface area contributed by atoms with Gasteiger partial charge >= 0.3 is 5.97 Å². The zero-order chi connectivity index (χ0) is 17.8. The van der Waals surface area contributed by atoms with Gasteiger partial charge in [0.15, 0.2) is 0 Å². The molecule has 0 aromatic heterocycles. The Morgan fingerprint density at radius 2 is 2.15 bits per heavy atom. The maximum Gasteiger partial charge on any atom is 0.315 e. The Morgan fingerprint density at radius 1 is 1.27 bits per heavy atom. The molecule has 0 fully saturated rings. The van der Waals surface area contributed by atoms with Gasteiger partial charge in [-0.15, -0.1) is 0 Å². The smallest absolute Gasteiger partial charge is 0.315 e. The normalized spacial score (nSPS) is 34.8. The van der Waals surface area contributed by atoms with Gasteiger partial charge in [-0.3, -0.25) is 4.79 Å². The van der Waals surface area contributed by atoms with Crippen LogP contribution in [0.1, 0.15) is 12.8 Å². The number of carbonyl (C=O) groups excluding carboxylic acids is 1. The summed E-state index contributed by atoms with van der Waals surface area (Å²) in [6.07, 6.45) is 9.68. The van der Waals surface area contributed by atoms with Crippen LogP contribution in [-0.4, -0.2) is 43.9 Å². The van der Waals surface area contributed by atoms with Crippen molar-refractivity contribution in [3.63, 3.8) is 0 Å². The second kappa shape index (κ2) is 5.96. The van der Waals surface area contributed by atoms with E-state index in [1.54, 1.807) is 0 Å². The first-order chi connectivity index (χ1) is 12.7. The summed E-state index contributed by atoms with van der Waals surface area (Å²) in [5.41, 5.74) is 7.14. The summed E-state index contributed by atoms with van der Waals surface area (Å²) in [6.45, 7) is 2.49. The van der Waals surface area contributed by atoms with Gasteiger partial charge in [-0.2, -0.15) is 0 Å². The molecule has 0 aromatic carbocycles. The first-order valence-electron chi connectivity index (χ1n) is 9.45. The van der Waals surface area contributed by atoms with Crippen molar-refractivity contribution in [2.45, 2.75) is 18.9 Å². The summed E-state index contributed by atoms with van der Waals surface area (Å²) in [6, 6.07) is 0. The second-order valence-electron chi connectivity index (χ2n) is 7.72. The predicted octanol–water partition coefficient (Wildman–Crippen LogP) is 1.36. The van der Waals surface area contributed by atoms with E-state index in [1.807, 2.05) is 6.20 Å². The fourth-order valence-corrected chi connectivity index (χ4v) is 5.44. The molecule has 0 radical (unpaired) electrons. The number of carbonyl (C=O) groups is 1. The van der Waals surface area contributed by atoms with Crippen LogP contribution in [0.4, 0.5) is 0 Å². The van der Waals surface area contributed by atoms with Crippen molar-refractivity contribution in [1.29, 1.82) is 0 Å². The maximum absolute atomic E-state index is 12.5. The summed E-state index contributed by atoms with van der Waals surface area (Å²) in [7, 11) is 1.41. The van der Waals surface area contributed by atoms with Crippen molar-refractivity contribution in [3.05, 3.63) is 57.9 Å². The molecule has 4 atom stereocenters. The number of methoxy groups -OCH3 is 1. The molecule has 2 aliphatic heterocycles. The third-order valence-corrected chi connectivity index (χ3v) is 6.57. The molecule has 3 N–H and O–H groups in total. The molecule has 2 heterocycles. The van der Waals surface area contributed by atoms with Crippen LogP contribution >= 0.6 is 0 Å². The Balaban J connectivity index is 1.65. The molecule has 0 saturated carbocycles. The lowest BCUT2D eigenvalue weighted by Crippen LogP contribution is -2.44. The summed E-state index contributed by atoms with van der Waals surface area (Å²) >= 11 is 0. The van der Waals surface area contributed by atoms with Crippen LogP contribution < -0.4 is 10.6 Å². The standard InChI is InChI=1S/C21H24N2O3/c1-26-21(25)19-17-10-23-7-5-14(17)15-3-2-13-12-4-6-22-9-11(12)8-16(13)18(15)20(19)24/h2-4,6,11,16,19-20,22-24H,5,7-10H2,1H3. The van der Waals surface area contributed by atoms with Crippen LogP contribution in [0.3, 0.4) is 0 Å². The van der Waals surface area contributed by atoms with Gasteiger partial charge in [-0.25, -0.2) is 0 Å². The SMILES string of the molecule is COC(=O)C1C2=C(CCNC2)C2=C(C3CC4CNC=CC4=C3C=C2)C1O. The Labute approximate surface area is 153 Å². The number of esters is 1. The number of fused-ring (bicyclic) bond motifs is 4. The highest BCUT2D eigenvalue weighted by Gasteiger charge is 2.47. The van der Waals surface area contributed by atoms with Gasteiger partial charge in [0.1, 0.15) is 5.92 Å². The first kappa shape index (κ1) is 16.1. The van der Waals surface area contributed by atoms with Gasteiger partial charge in [0, 0.05) is 24.9 Å². The minimum atomic E-state index is -0.807. The molecule has 0 saturated heterocycles. The van der Waals surface area contributed by atoms with Crippen LogP contribution in [0.2, 0.25) is 0 Å². The third kappa shape index (κ3) is 2.14. The highest BCUT2D eigenvalue weighted by atomic mass is 16.5. The van der Waals surface area contributed by atoms with E-state index in [1.165, 1.54) is 29.4 Å². The van der Waals surface area contributed by atoms with Gasteiger partial charge in [-0.05, 0) is 65.1 Å². The number of aliphatic hydroxyl groups excluding tert-OH is 1. The largest absolute Gasteiger partial charge is 0.468 e. The minimum absolute atomic E-state index is 0.200. The lowest BCUT2D eigenvalue weighted by molar-refractivity contribution is -0.147. The van der Waals surface area contributed by atoms with Crippen LogP contribution in [-0.2, 0) is 9.53 Å². The Morgan fingerprint density at radius 3 is 3.00 bits per heavy atom. The molecule has 5 heteroatoms. The molecule has 5 aliphatic rings. The van der Waals surface area contributed by atoms with Gasteiger partial charge in [-0.1, -0.05) is 12.2 Å². The van der Waals surface area contributed by atoms with E-state index in [0.717, 1.165) is 37.1 Å². The molecule has 5 rings (SSSR count). The van der Waals surface area contributed by atoms with Crippen molar-refractivity contribution in [3.8, 4) is 0 Å². The Hall–Kier alpha value is -2.11. The zero-order valence-corrected chi connectivity index (χ0v) is 14.9. The number of hydrogen-bond donors (Lipinski definition) is 3. The summed E-state index contributed by atoms with van der Waals surface area (Å²) in [5, 5.41) is 17.9. The van der Waals surface area contributed by atoms with Gasteiger partial charge < -0.3 is 20.5 Å². The van der Waals surface area contributed by atoms with E-state index in [-0.39, 0.29) is 11.9 Å². The van der Waals surface area contributed by atoms with Crippen molar-refractivity contribution in [2.75, 3.05) is 26.7 Å². The van der Waals surface area contributed by atoms with Crippen molar-refractivity contribution in [1.82, 2.24) is 10.6 Å². The van der Waals surface area contributed by atoms with E-state index in [4.69, 9.17) is 4.74 Å². The molecule has 5 nitrogen and oxygen atoms in total. The highest BCUT2D eigenvalue weighted by Crippen LogP contribution is 2.52. The highest BCUT2D eigenvalue weighted by molar-refractivity contribution is 5.80. The number of allylic oxidation sites excluding steroid dienone is 5. The monoisotopic (exact) mass is 352 g/mol. The van der Waals surface area contributed by atoms with Crippen LogP contribution in [0.25, 0.3) is 0 Å². The summed E-state index contributed by atoms with van der Waals surface area (Å²) in [5.74, 6) is -0.245. The Kier molecular flexibility index (Phi) is 3.69. The van der Waals surface area contributed by atoms with E-state index in [2.05, 4.69) is 28.9 Å². The molecule has 0 aromatic rings. The number of ether oxygens (including phenoxy) is 1. The van der Waals surface area contributed by atoms with Crippen LogP contribution in [0.5, 0.6) is 0 Å². The van der Waals surface area contributed by atoms with E-state index >= 15 is 0 Å². The van der Waals surface area contributed by atoms with Gasteiger partial charge in [0.05, 0.1) is 13.2 Å². The van der Waals surface area contributed by atoms with E-state index in [0.29, 0.717) is 12.5 Å². The van der Waals surface area contributed by atoms with Crippen LogP contribution in [0, 0.1) is 17.8 Å². The lowest BCUT2D eigenvalue weighted by atomic mass is 9.67. The predicted molar refractivity (Wildman–Crippen MR) is 98.0 cm³/mol. The average Bonchev–Trinajstić information content (AvgIpc) is 3.06. The molecule has 0 amide bonds. The van der Waals surface area contributed by atoms with E-state index in [9.17, 15) is 9.90 Å². The molecule has 4 unspecified atom stereocenters.